The van der Waals surface area contributed by atoms with Gasteiger partial charge in [-0.25, -0.2) is 13.6 Å². The summed E-state index contributed by atoms with van der Waals surface area (Å²) in [5.41, 5.74) is 1.93. The Balaban J connectivity index is 1.15. The van der Waals surface area contributed by atoms with Crippen LogP contribution in [0.4, 0.5) is 11.4 Å². The number of nitrogens with zero attached hydrogens (tertiary/aromatic N) is 2. The summed E-state index contributed by atoms with van der Waals surface area (Å²) in [6.45, 7) is -0.249. The van der Waals surface area contributed by atoms with E-state index in [2.05, 4.69) is 5.32 Å². The zero-order chi connectivity index (χ0) is 33.5. The number of amides is 3. The maximum atomic E-state index is 14.0. The highest BCUT2D eigenvalue weighted by atomic mass is 32.2. The first-order valence-electron chi connectivity index (χ1n) is 15.4. The van der Waals surface area contributed by atoms with Gasteiger partial charge in [0.1, 0.15) is 12.3 Å². The molecule has 1 saturated heterocycles. The Morgan fingerprint density at radius 2 is 1.60 bits per heavy atom. The number of carbonyl (C=O) groups excluding carboxylic acids is 3. The lowest BCUT2D eigenvalue weighted by molar-refractivity contribution is -0.123. The van der Waals surface area contributed by atoms with Crippen LogP contribution < -0.4 is 25.0 Å². The molecule has 0 radical (unpaired) electrons. The second kappa shape index (κ2) is 11.4. The van der Waals surface area contributed by atoms with E-state index < -0.39 is 27.8 Å². The van der Waals surface area contributed by atoms with Crippen LogP contribution in [-0.4, -0.2) is 43.1 Å². The van der Waals surface area contributed by atoms with Gasteiger partial charge in [-0.15, -0.1) is 11.8 Å². The molecule has 246 valence electrons. The summed E-state index contributed by atoms with van der Waals surface area (Å²) < 4.78 is 30.2. The van der Waals surface area contributed by atoms with Crippen LogP contribution in [0.25, 0.3) is 0 Å². The van der Waals surface area contributed by atoms with E-state index in [9.17, 15) is 27.6 Å². The average molecular weight is 703 g/mol. The lowest BCUT2D eigenvalue weighted by atomic mass is 9.68. The highest BCUT2D eigenvalue weighted by molar-refractivity contribution is 8.00. The van der Waals surface area contributed by atoms with E-state index in [1.54, 1.807) is 31.0 Å². The Morgan fingerprint density at radius 1 is 0.938 bits per heavy atom. The molecule has 2 saturated carbocycles. The van der Waals surface area contributed by atoms with Gasteiger partial charge in [0.15, 0.2) is 0 Å². The van der Waals surface area contributed by atoms with Crippen molar-refractivity contribution in [3.8, 4) is 5.75 Å². The molecular formula is C34H30N4O7S3. The number of ether oxygens (including phenoxy) is 1. The van der Waals surface area contributed by atoms with Crippen LogP contribution in [-0.2, 0) is 31.0 Å². The topological polar surface area (TPSA) is 158 Å². The van der Waals surface area contributed by atoms with Gasteiger partial charge >= 0.3 is 4.87 Å². The van der Waals surface area contributed by atoms with Gasteiger partial charge in [0.05, 0.1) is 34.6 Å². The molecule has 8 rings (SSSR count). The molecular weight excluding hydrogens is 673 g/mol. The molecule has 3 amide bonds. The molecule has 48 heavy (non-hydrogen) atoms. The molecule has 7 unspecified atom stereocenters. The van der Waals surface area contributed by atoms with Crippen molar-refractivity contribution in [2.24, 2.45) is 34.7 Å². The number of sulfonamides is 1. The number of benzene rings is 3. The van der Waals surface area contributed by atoms with E-state index in [1.165, 1.54) is 33.7 Å². The Bertz CT molecular complexity index is 2130. The molecule has 3 fully saturated rings. The van der Waals surface area contributed by atoms with E-state index in [0.29, 0.717) is 22.2 Å². The largest absolute Gasteiger partial charge is 0.497 e. The first kappa shape index (κ1) is 31.1. The molecule has 3 heterocycles. The van der Waals surface area contributed by atoms with Crippen molar-refractivity contribution in [3.05, 3.63) is 99.0 Å². The number of carbonyl (C=O) groups is 3. The quantitative estimate of drug-likeness (QED) is 0.275. The van der Waals surface area contributed by atoms with Crippen LogP contribution in [0, 0.1) is 29.6 Å². The predicted octanol–water partition coefficient (Wildman–Crippen LogP) is 3.88. The number of nitrogens with one attached hydrogen (secondary N) is 1. The molecule has 2 aliphatic carbocycles. The van der Waals surface area contributed by atoms with Crippen molar-refractivity contribution in [3.63, 3.8) is 0 Å². The van der Waals surface area contributed by atoms with Gasteiger partial charge in [0, 0.05) is 21.7 Å². The number of rotatable bonds is 7. The number of para-hydroxylation sites is 1. The minimum atomic E-state index is -3.89. The number of hydrogen-bond donors (Lipinski definition) is 2. The third-order valence-corrected chi connectivity index (χ3v) is 13.9. The van der Waals surface area contributed by atoms with Gasteiger partial charge in [-0.1, -0.05) is 41.7 Å². The fourth-order valence-electron chi connectivity index (χ4n) is 8.34. The van der Waals surface area contributed by atoms with Crippen LogP contribution in [0.2, 0.25) is 0 Å². The minimum Gasteiger partial charge on any atom is -0.497 e. The van der Waals surface area contributed by atoms with Crippen molar-refractivity contribution < 1.29 is 27.5 Å². The van der Waals surface area contributed by atoms with Gasteiger partial charge < -0.3 is 10.1 Å². The number of nitrogens with two attached hydrogens (primary N) is 1. The van der Waals surface area contributed by atoms with Crippen molar-refractivity contribution in [1.29, 1.82) is 0 Å². The van der Waals surface area contributed by atoms with Gasteiger partial charge in [-0.2, -0.15) is 0 Å². The molecule has 2 aliphatic heterocycles. The Kier molecular flexibility index (Phi) is 7.40. The Labute approximate surface area is 284 Å². The van der Waals surface area contributed by atoms with Crippen molar-refractivity contribution in [2.75, 3.05) is 17.3 Å². The van der Waals surface area contributed by atoms with E-state index in [4.69, 9.17) is 9.88 Å². The summed E-state index contributed by atoms with van der Waals surface area (Å²) in [5.74, 6) is -1.23. The summed E-state index contributed by atoms with van der Waals surface area (Å²) in [7, 11) is -2.29. The summed E-state index contributed by atoms with van der Waals surface area (Å²) in [6.07, 6.45) is 0.749. The maximum absolute atomic E-state index is 14.0. The number of primary sulfonamides is 1. The molecule has 3 N–H and O–H groups in total. The van der Waals surface area contributed by atoms with Crippen LogP contribution in [0.15, 0.2) is 93.6 Å². The number of fused-ring (bicyclic) bond motifs is 9. The first-order chi connectivity index (χ1) is 23.0. The molecule has 1 aromatic heterocycles. The standard InChI is InChI=1S/C34H30N4O7S3/c1-45-20-11-7-17(8-12-20)25-26-22-15-23(28-27(22)31(40)38(32(28)41)19-5-3-2-4-6-19)29(26)46-33-30(25)47-34(42)37(33)16-24(39)36-18-9-13-21(14-10-18)48(35,43)44/h2-14,22-23,25-29H,15-16H2,1H3,(H,36,39)(H2,35,43,44). The maximum Gasteiger partial charge on any atom is 0.308 e. The molecule has 4 aromatic rings. The zero-order valence-corrected chi connectivity index (χ0v) is 28.0. The lowest BCUT2D eigenvalue weighted by Gasteiger charge is -2.43. The van der Waals surface area contributed by atoms with E-state index >= 15 is 0 Å². The van der Waals surface area contributed by atoms with Gasteiger partial charge in [0.25, 0.3) is 0 Å². The lowest BCUT2D eigenvalue weighted by Crippen LogP contribution is -2.43. The molecule has 14 heteroatoms. The number of thiazole rings is 1. The van der Waals surface area contributed by atoms with Gasteiger partial charge in [-0.3, -0.25) is 28.6 Å². The Morgan fingerprint density at radius 3 is 2.25 bits per heavy atom. The fourth-order valence-corrected chi connectivity index (χ4v) is 12.0. The second-order valence-electron chi connectivity index (χ2n) is 12.6. The highest BCUT2D eigenvalue weighted by Gasteiger charge is 2.69. The van der Waals surface area contributed by atoms with Gasteiger partial charge in [-0.05, 0) is 78.3 Å². The average Bonchev–Trinajstić information content (AvgIpc) is 3.79. The van der Waals surface area contributed by atoms with Gasteiger partial charge in [0.2, 0.25) is 27.7 Å². The fraction of sp³-hybridized carbons (Fsp3) is 0.294. The number of thioether (sulfide) groups is 1. The number of hydrogen-bond acceptors (Lipinski definition) is 9. The molecule has 7 atom stereocenters. The zero-order valence-electron chi connectivity index (χ0n) is 25.5. The third-order valence-electron chi connectivity index (χ3n) is 10.2. The SMILES string of the molecule is COc1ccc(C2c3sc(=O)n(CC(=O)Nc4ccc(S(N)(=O)=O)cc4)c3SC3C4CC(C5C(=O)N(c6ccccc6)C(=O)C45)C23)cc1. The van der Waals surface area contributed by atoms with E-state index in [0.717, 1.165) is 28.2 Å². The van der Waals surface area contributed by atoms with Crippen molar-refractivity contribution in [1.82, 2.24) is 4.57 Å². The molecule has 2 bridgehead atoms. The minimum absolute atomic E-state index is 0.00674. The van der Waals surface area contributed by atoms with E-state index in [1.807, 2.05) is 42.5 Å². The summed E-state index contributed by atoms with van der Waals surface area (Å²) in [4.78, 5) is 56.6. The molecule has 4 aliphatic rings. The predicted molar refractivity (Wildman–Crippen MR) is 181 cm³/mol. The molecule has 11 nitrogen and oxygen atoms in total. The highest BCUT2D eigenvalue weighted by Crippen LogP contribution is 2.69. The normalized spacial score (nSPS) is 27.0. The van der Waals surface area contributed by atoms with Crippen molar-refractivity contribution in [2.45, 2.75) is 34.1 Å². The second-order valence-corrected chi connectivity index (χ2v) is 16.3. The number of imide groups is 1. The molecule has 0 spiro atoms. The first-order valence-corrected chi connectivity index (χ1v) is 18.7. The number of aromatic nitrogens is 1. The van der Waals surface area contributed by atoms with Crippen LogP contribution in [0.5, 0.6) is 5.75 Å². The Hall–Kier alpha value is -4.24. The summed E-state index contributed by atoms with van der Waals surface area (Å²) in [6, 6.07) is 22.3. The van der Waals surface area contributed by atoms with Crippen LogP contribution in [0.1, 0.15) is 22.8 Å². The summed E-state index contributed by atoms with van der Waals surface area (Å²) in [5, 5.41) is 8.58. The third kappa shape index (κ3) is 4.84. The van der Waals surface area contributed by atoms with Crippen LogP contribution >= 0.6 is 23.1 Å². The summed E-state index contributed by atoms with van der Waals surface area (Å²) >= 11 is 2.67. The molecule has 3 aromatic carbocycles. The number of anilines is 2. The number of methoxy groups -OCH3 is 1. The van der Waals surface area contributed by atoms with Crippen LogP contribution in [0.3, 0.4) is 0 Å². The van der Waals surface area contributed by atoms with Crippen molar-refractivity contribution >= 4 is 62.2 Å². The van der Waals surface area contributed by atoms with E-state index in [-0.39, 0.29) is 57.0 Å². The smallest absolute Gasteiger partial charge is 0.308 e. The monoisotopic (exact) mass is 702 g/mol.